The van der Waals surface area contributed by atoms with Crippen molar-refractivity contribution < 1.29 is 14.3 Å². The second-order valence-electron chi connectivity index (χ2n) is 3.94. The molecular formula is C11H14N4O3. The Morgan fingerprint density at radius 3 is 2.94 bits per heavy atom. The smallest absolute Gasteiger partial charge is 0.371 e. The molecule has 0 fully saturated rings. The Morgan fingerprint density at radius 2 is 2.39 bits per heavy atom. The monoisotopic (exact) mass is 250 g/mol. The molecule has 0 spiro atoms. The van der Waals surface area contributed by atoms with Gasteiger partial charge in [0.05, 0.1) is 12.6 Å². The van der Waals surface area contributed by atoms with Crippen LogP contribution >= 0.6 is 0 Å². The zero-order valence-electron chi connectivity index (χ0n) is 10.1. The molecule has 0 radical (unpaired) electrons. The van der Waals surface area contributed by atoms with Crippen LogP contribution in [0.4, 0.5) is 0 Å². The number of rotatable bonds is 5. The lowest BCUT2D eigenvalue weighted by molar-refractivity contribution is 0.0659. The molecule has 96 valence electrons. The van der Waals surface area contributed by atoms with Crippen LogP contribution in [-0.4, -0.2) is 25.8 Å². The van der Waals surface area contributed by atoms with Gasteiger partial charge in [-0.3, -0.25) is 4.68 Å². The van der Waals surface area contributed by atoms with Gasteiger partial charge in [-0.25, -0.2) is 9.78 Å². The first-order chi connectivity index (χ1) is 8.56. The average molecular weight is 250 g/mol. The molecule has 0 bridgehead atoms. The maximum Gasteiger partial charge on any atom is 0.371 e. The minimum atomic E-state index is -1.07. The first kappa shape index (κ1) is 12.3. The van der Waals surface area contributed by atoms with E-state index >= 15 is 0 Å². The molecule has 2 N–H and O–H groups in total. The van der Waals surface area contributed by atoms with Gasteiger partial charge < -0.3 is 14.8 Å². The lowest BCUT2D eigenvalue weighted by Gasteiger charge is -2.09. The summed E-state index contributed by atoms with van der Waals surface area (Å²) in [5.74, 6) is 0.118. The number of aromatic nitrogens is 3. The molecule has 0 aliphatic carbocycles. The number of carboxylic acid groups (broad SMARTS) is 1. The van der Waals surface area contributed by atoms with Gasteiger partial charge in [0.15, 0.2) is 5.82 Å². The van der Waals surface area contributed by atoms with E-state index in [2.05, 4.69) is 15.4 Å². The molecule has 1 unspecified atom stereocenters. The summed E-state index contributed by atoms with van der Waals surface area (Å²) < 4.78 is 6.81. The van der Waals surface area contributed by atoms with Gasteiger partial charge in [-0.05, 0) is 19.1 Å². The molecule has 18 heavy (non-hydrogen) atoms. The SMILES string of the molecule is CC(NCc1ncn(C)n1)c1ccc(C(=O)O)o1. The predicted octanol–water partition coefficient (Wildman–Crippen LogP) is 0.957. The summed E-state index contributed by atoms with van der Waals surface area (Å²) in [5, 5.41) is 16.0. The van der Waals surface area contributed by atoms with Crippen molar-refractivity contribution in [1.29, 1.82) is 0 Å². The highest BCUT2D eigenvalue weighted by Crippen LogP contribution is 2.16. The lowest BCUT2D eigenvalue weighted by atomic mass is 10.2. The second kappa shape index (κ2) is 5.01. The number of hydrogen-bond donors (Lipinski definition) is 2. The van der Waals surface area contributed by atoms with Crippen LogP contribution in [0.15, 0.2) is 22.9 Å². The van der Waals surface area contributed by atoms with Crippen molar-refractivity contribution in [3.8, 4) is 0 Å². The van der Waals surface area contributed by atoms with E-state index in [1.807, 2.05) is 6.92 Å². The molecular weight excluding hydrogens is 236 g/mol. The maximum atomic E-state index is 10.7. The van der Waals surface area contributed by atoms with Crippen molar-refractivity contribution >= 4 is 5.97 Å². The third-order valence-corrected chi connectivity index (χ3v) is 2.48. The number of aryl methyl sites for hydroxylation is 1. The van der Waals surface area contributed by atoms with Gasteiger partial charge in [-0.15, -0.1) is 0 Å². The van der Waals surface area contributed by atoms with Gasteiger partial charge in [-0.1, -0.05) is 0 Å². The van der Waals surface area contributed by atoms with E-state index in [-0.39, 0.29) is 11.8 Å². The van der Waals surface area contributed by atoms with E-state index in [0.717, 1.165) is 0 Å². The van der Waals surface area contributed by atoms with Crippen molar-refractivity contribution in [1.82, 2.24) is 20.1 Å². The van der Waals surface area contributed by atoms with Gasteiger partial charge in [0.25, 0.3) is 0 Å². The van der Waals surface area contributed by atoms with E-state index < -0.39 is 5.97 Å². The number of hydrogen-bond acceptors (Lipinski definition) is 5. The Hall–Kier alpha value is -2.15. The van der Waals surface area contributed by atoms with Crippen LogP contribution in [0.3, 0.4) is 0 Å². The largest absolute Gasteiger partial charge is 0.475 e. The van der Waals surface area contributed by atoms with Gasteiger partial charge in [0, 0.05) is 7.05 Å². The fraction of sp³-hybridized carbons (Fsp3) is 0.364. The topological polar surface area (TPSA) is 93.2 Å². The third kappa shape index (κ3) is 2.75. The van der Waals surface area contributed by atoms with Crippen LogP contribution in [0.5, 0.6) is 0 Å². The van der Waals surface area contributed by atoms with E-state index in [9.17, 15) is 4.79 Å². The van der Waals surface area contributed by atoms with Crippen molar-refractivity contribution in [3.05, 3.63) is 35.8 Å². The summed E-state index contributed by atoms with van der Waals surface area (Å²) in [7, 11) is 1.80. The van der Waals surface area contributed by atoms with Gasteiger partial charge in [0.2, 0.25) is 5.76 Å². The van der Waals surface area contributed by atoms with Crippen LogP contribution in [0.25, 0.3) is 0 Å². The molecule has 2 rings (SSSR count). The fourth-order valence-electron chi connectivity index (χ4n) is 1.51. The van der Waals surface area contributed by atoms with Crippen molar-refractivity contribution in [2.75, 3.05) is 0 Å². The number of aromatic carboxylic acids is 1. The van der Waals surface area contributed by atoms with Crippen LogP contribution in [0.2, 0.25) is 0 Å². The van der Waals surface area contributed by atoms with E-state index in [4.69, 9.17) is 9.52 Å². The van der Waals surface area contributed by atoms with Crippen molar-refractivity contribution in [3.63, 3.8) is 0 Å². The van der Waals surface area contributed by atoms with Gasteiger partial charge in [0.1, 0.15) is 12.1 Å². The Kier molecular flexibility index (Phi) is 3.42. The Bertz CT molecular complexity index is 546. The lowest BCUT2D eigenvalue weighted by Crippen LogP contribution is -2.18. The quantitative estimate of drug-likeness (QED) is 0.820. The molecule has 1 atom stereocenters. The molecule has 0 aliphatic rings. The first-order valence-corrected chi connectivity index (χ1v) is 5.47. The summed E-state index contributed by atoms with van der Waals surface area (Å²) >= 11 is 0. The molecule has 7 heteroatoms. The van der Waals surface area contributed by atoms with Gasteiger partial charge >= 0.3 is 5.97 Å². The number of nitrogens with zero attached hydrogens (tertiary/aromatic N) is 3. The molecule has 7 nitrogen and oxygen atoms in total. The molecule has 2 heterocycles. The summed E-state index contributed by atoms with van der Waals surface area (Å²) in [6.45, 7) is 2.37. The number of nitrogens with one attached hydrogen (secondary N) is 1. The first-order valence-electron chi connectivity index (χ1n) is 5.47. The van der Waals surface area contributed by atoms with Crippen LogP contribution < -0.4 is 5.32 Å². The summed E-state index contributed by atoms with van der Waals surface area (Å²) in [6.07, 6.45) is 1.62. The molecule has 0 aliphatic heterocycles. The standard InChI is InChI=1S/C11H14N4O3/c1-7(8-3-4-9(18-8)11(16)17)12-5-10-13-6-15(2)14-10/h3-4,6-7,12H,5H2,1-2H3,(H,16,17). The summed E-state index contributed by atoms with van der Waals surface area (Å²) in [5.41, 5.74) is 0. The minimum absolute atomic E-state index is 0.0605. The maximum absolute atomic E-state index is 10.7. The molecule has 0 saturated heterocycles. The van der Waals surface area contributed by atoms with Crippen molar-refractivity contribution in [2.45, 2.75) is 19.5 Å². The molecule has 0 aromatic carbocycles. The highest BCUT2D eigenvalue weighted by molar-refractivity contribution is 5.84. The zero-order chi connectivity index (χ0) is 13.1. The second-order valence-corrected chi connectivity index (χ2v) is 3.94. The highest BCUT2D eigenvalue weighted by Gasteiger charge is 2.14. The van der Waals surface area contributed by atoms with Crippen LogP contribution in [-0.2, 0) is 13.6 Å². The van der Waals surface area contributed by atoms with Crippen LogP contribution in [0.1, 0.15) is 35.1 Å². The van der Waals surface area contributed by atoms with Gasteiger partial charge in [-0.2, -0.15) is 5.10 Å². The van der Waals surface area contributed by atoms with E-state index in [0.29, 0.717) is 18.1 Å². The number of carbonyl (C=O) groups is 1. The molecule has 0 saturated carbocycles. The van der Waals surface area contributed by atoms with E-state index in [1.165, 1.54) is 6.07 Å². The molecule has 2 aromatic rings. The third-order valence-electron chi connectivity index (χ3n) is 2.48. The predicted molar refractivity (Wildman–Crippen MR) is 61.9 cm³/mol. The summed E-state index contributed by atoms with van der Waals surface area (Å²) in [4.78, 5) is 14.8. The Labute approximate surface area is 103 Å². The number of carboxylic acids is 1. The minimum Gasteiger partial charge on any atom is -0.475 e. The number of furan rings is 1. The normalized spacial score (nSPS) is 12.6. The zero-order valence-corrected chi connectivity index (χ0v) is 10.1. The van der Waals surface area contributed by atoms with Crippen LogP contribution in [0, 0.1) is 0 Å². The fourth-order valence-corrected chi connectivity index (χ4v) is 1.51. The van der Waals surface area contributed by atoms with Crippen molar-refractivity contribution in [2.24, 2.45) is 7.05 Å². The summed E-state index contributed by atoms with van der Waals surface area (Å²) in [6, 6.07) is 2.98. The Morgan fingerprint density at radius 1 is 1.61 bits per heavy atom. The molecule has 0 amide bonds. The Balaban J connectivity index is 1.94. The average Bonchev–Trinajstić information content (AvgIpc) is 2.94. The highest BCUT2D eigenvalue weighted by atomic mass is 16.4. The van der Waals surface area contributed by atoms with E-state index in [1.54, 1.807) is 24.1 Å². The molecule has 2 aromatic heterocycles.